The average molecular weight is 541 g/mol. The molecule has 10 heteroatoms. The lowest BCUT2D eigenvalue weighted by Crippen LogP contribution is -2.44. The third kappa shape index (κ3) is 6.49. The van der Waals surface area contributed by atoms with E-state index in [2.05, 4.69) is 37.3 Å². The summed E-state index contributed by atoms with van der Waals surface area (Å²) in [5.74, 6) is 4.01. The van der Waals surface area contributed by atoms with E-state index in [1.807, 2.05) is 42.8 Å². The smallest absolute Gasteiger partial charge is 0.192 e. The number of halogens is 1. The Labute approximate surface area is 200 Å². The molecule has 0 spiro atoms. The van der Waals surface area contributed by atoms with Crippen molar-refractivity contribution in [1.82, 2.24) is 25.4 Å². The van der Waals surface area contributed by atoms with Crippen molar-refractivity contribution in [3.63, 3.8) is 0 Å². The number of aryl methyl sites for hydroxylation is 1. The molecule has 0 radical (unpaired) electrons. The van der Waals surface area contributed by atoms with Crippen LogP contribution in [-0.4, -0.2) is 60.6 Å². The maximum Gasteiger partial charge on any atom is 0.192 e. The van der Waals surface area contributed by atoms with Gasteiger partial charge in [-0.2, -0.15) is 0 Å². The summed E-state index contributed by atoms with van der Waals surface area (Å²) in [6.07, 6.45) is 2.81. The normalized spacial score (nSPS) is 15.9. The Hall–Kier alpha value is -2.50. The number of hydrogen-bond acceptors (Lipinski definition) is 6. The van der Waals surface area contributed by atoms with Gasteiger partial charge in [-0.15, -0.1) is 40.8 Å². The molecule has 1 aromatic heterocycles. The van der Waals surface area contributed by atoms with E-state index in [0.717, 1.165) is 54.3 Å². The standard InChI is InChI=1S/C21H31N7O2.HI/c1-6-8-22-21(23-13-20-26-25-15(2)27(20)3)24-16-7-9-28(14-16)17-10-18(29-4)12-19(11-17)30-5;/h6,10-12,16H,1,7-9,13-14H2,2-5H3,(H2,22,23,24);1H. The fourth-order valence-electron chi connectivity index (χ4n) is 3.34. The minimum absolute atomic E-state index is 0. The third-order valence-corrected chi connectivity index (χ3v) is 5.21. The Morgan fingerprint density at radius 3 is 2.55 bits per heavy atom. The second-order valence-electron chi connectivity index (χ2n) is 7.20. The average Bonchev–Trinajstić information content (AvgIpc) is 3.36. The van der Waals surface area contributed by atoms with Crippen LogP contribution < -0.4 is 25.0 Å². The highest BCUT2D eigenvalue weighted by Gasteiger charge is 2.24. The molecule has 0 aliphatic carbocycles. The lowest BCUT2D eigenvalue weighted by molar-refractivity contribution is 0.394. The van der Waals surface area contributed by atoms with Crippen LogP contribution in [0.4, 0.5) is 5.69 Å². The summed E-state index contributed by atoms with van der Waals surface area (Å²) in [6, 6.07) is 6.21. The number of benzene rings is 1. The summed E-state index contributed by atoms with van der Waals surface area (Å²) >= 11 is 0. The van der Waals surface area contributed by atoms with Gasteiger partial charge >= 0.3 is 0 Å². The van der Waals surface area contributed by atoms with Crippen LogP contribution in [0.3, 0.4) is 0 Å². The van der Waals surface area contributed by atoms with E-state index in [9.17, 15) is 0 Å². The summed E-state index contributed by atoms with van der Waals surface area (Å²) in [6.45, 7) is 8.58. The predicted octanol–water partition coefficient (Wildman–Crippen LogP) is 2.26. The molecule has 0 saturated carbocycles. The third-order valence-electron chi connectivity index (χ3n) is 5.21. The molecule has 0 bridgehead atoms. The second kappa shape index (κ2) is 11.8. The largest absolute Gasteiger partial charge is 0.497 e. The quantitative estimate of drug-likeness (QED) is 0.230. The maximum atomic E-state index is 5.40. The van der Waals surface area contributed by atoms with E-state index >= 15 is 0 Å². The van der Waals surface area contributed by atoms with Crippen LogP contribution in [0.25, 0.3) is 0 Å². The van der Waals surface area contributed by atoms with Crippen LogP contribution in [0, 0.1) is 6.92 Å². The van der Waals surface area contributed by atoms with Gasteiger partial charge in [-0.25, -0.2) is 4.99 Å². The number of anilines is 1. The SMILES string of the molecule is C=CCNC(=NCc1nnc(C)n1C)NC1CCN(c2cc(OC)cc(OC)c2)C1.I. The van der Waals surface area contributed by atoms with Gasteiger partial charge in [0.15, 0.2) is 11.8 Å². The number of aromatic nitrogens is 3. The Morgan fingerprint density at radius 1 is 1.26 bits per heavy atom. The predicted molar refractivity (Wildman–Crippen MR) is 134 cm³/mol. The van der Waals surface area contributed by atoms with Gasteiger partial charge in [0.1, 0.15) is 23.9 Å². The van der Waals surface area contributed by atoms with E-state index in [1.54, 1.807) is 14.2 Å². The van der Waals surface area contributed by atoms with Gasteiger partial charge < -0.3 is 29.6 Å². The van der Waals surface area contributed by atoms with Crippen LogP contribution in [0.1, 0.15) is 18.1 Å². The molecular formula is C21H32IN7O2. The van der Waals surface area contributed by atoms with Gasteiger partial charge in [0.2, 0.25) is 0 Å². The first-order valence-electron chi connectivity index (χ1n) is 10.0. The second-order valence-corrected chi connectivity index (χ2v) is 7.20. The number of nitrogens with one attached hydrogen (secondary N) is 2. The number of nitrogens with zero attached hydrogens (tertiary/aromatic N) is 5. The van der Waals surface area contributed by atoms with E-state index in [4.69, 9.17) is 9.47 Å². The summed E-state index contributed by atoms with van der Waals surface area (Å²) in [5.41, 5.74) is 1.09. The highest BCUT2D eigenvalue weighted by molar-refractivity contribution is 14.0. The van der Waals surface area contributed by atoms with Crippen molar-refractivity contribution in [2.45, 2.75) is 25.9 Å². The summed E-state index contributed by atoms with van der Waals surface area (Å²) < 4.78 is 12.8. The highest BCUT2D eigenvalue weighted by atomic mass is 127. The first-order valence-corrected chi connectivity index (χ1v) is 10.0. The van der Waals surface area contributed by atoms with Crippen molar-refractivity contribution in [2.24, 2.45) is 12.0 Å². The minimum atomic E-state index is 0. The molecule has 2 aromatic rings. The summed E-state index contributed by atoms with van der Waals surface area (Å²) in [7, 11) is 5.28. The van der Waals surface area contributed by atoms with Crippen LogP contribution in [0.5, 0.6) is 11.5 Å². The van der Waals surface area contributed by atoms with Gasteiger partial charge in [-0.3, -0.25) is 0 Å². The van der Waals surface area contributed by atoms with E-state index in [1.165, 1.54) is 0 Å². The molecule has 1 unspecified atom stereocenters. The van der Waals surface area contributed by atoms with Gasteiger partial charge in [0.05, 0.1) is 14.2 Å². The molecule has 1 saturated heterocycles. The van der Waals surface area contributed by atoms with Gasteiger partial charge in [0, 0.05) is 56.6 Å². The lowest BCUT2D eigenvalue weighted by Gasteiger charge is -2.21. The first kappa shape index (κ1) is 24.8. The Kier molecular flexibility index (Phi) is 9.41. The molecule has 1 aliphatic heterocycles. The van der Waals surface area contributed by atoms with Crippen molar-refractivity contribution >= 4 is 35.6 Å². The molecule has 0 amide bonds. The van der Waals surface area contributed by atoms with Crippen molar-refractivity contribution in [3.8, 4) is 11.5 Å². The van der Waals surface area contributed by atoms with Crippen LogP contribution in [-0.2, 0) is 13.6 Å². The molecule has 170 valence electrons. The molecule has 1 atom stereocenters. The summed E-state index contributed by atoms with van der Waals surface area (Å²) in [5, 5.41) is 15.1. The Bertz CT molecular complexity index is 878. The minimum Gasteiger partial charge on any atom is -0.497 e. The highest BCUT2D eigenvalue weighted by Crippen LogP contribution is 2.30. The monoisotopic (exact) mass is 541 g/mol. The molecular weight excluding hydrogens is 509 g/mol. The molecule has 2 N–H and O–H groups in total. The van der Waals surface area contributed by atoms with Crippen molar-refractivity contribution in [1.29, 1.82) is 0 Å². The lowest BCUT2D eigenvalue weighted by atomic mass is 10.2. The van der Waals surface area contributed by atoms with Crippen LogP contribution >= 0.6 is 24.0 Å². The zero-order valence-electron chi connectivity index (χ0n) is 18.6. The van der Waals surface area contributed by atoms with Gasteiger partial charge in [-0.1, -0.05) is 6.08 Å². The summed E-state index contributed by atoms with van der Waals surface area (Å²) in [4.78, 5) is 7.01. The van der Waals surface area contributed by atoms with Crippen LogP contribution in [0.2, 0.25) is 0 Å². The number of rotatable bonds is 8. The first-order chi connectivity index (χ1) is 14.5. The molecule has 1 aromatic carbocycles. The number of methoxy groups -OCH3 is 2. The molecule has 1 fully saturated rings. The zero-order chi connectivity index (χ0) is 21.5. The topological polar surface area (TPSA) is 88.8 Å². The van der Waals surface area contributed by atoms with Gasteiger partial charge in [-0.05, 0) is 13.3 Å². The van der Waals surface area contributed by atoms with E-state index < -0.39 is 0 Å². The molecule has 1 aliphatic rings. The molecule has 3 rings (SSSR count). The van der Waals surface area contributed by atoms with Crippen molar-refractivity contribution in [3.05, 3.63) is 42.5 Å². The zero-order valence-corrected chi connectivity index (χ0v) is 20.9. The number of aliphatic imine (C=N–C) groups is 1. The van der Waals surface area contributed by atoms with Crippen LogP contribution in [0.15, 0.2) is 35.8 Å². The Morgan fingerprint density at radius 2 is 1.97 bits per heavy atom. The van der Waals surface area contributed by atoms with E-state index in [0.29, 0.717) is 13.1 Å². The number of ether oxygens (including phenoxy) is 2. The number of hydrogen-bond donors (Lipinski definition) is 2. The fraction of sp³-hybridized carbons (Fsp3) is 0.476. The molecule has 2 heterocycles. The number of guanidine groups is 1. The molecule has 31 heavy (non-hydrogen) atoms. The van der Waals surface area contributed by atoms with Crippen molar-refractivity contribution < 1.29 is 9.47 Å². The van der Waals surface area contributed by atoms with Crippen molar-refractivity contribution in [2.75, 3.05) is 38.8 Å². The Balaban J connectivity index is 0.00000341. The maximum absolute atomic E-state index is 5.40. The molecule has 9 nitrogen and oxygen atoms in total. The van der Waals surface area contributed by atoms with E-state index in [-0.39, 0.29) is 30.0 Å². The fourth-order valence-corrected chi connectivity index (χ4v) is 3.34. The van der Waals surface area contributed by atoms with Gasteiger partial charge in [0.25, 0.3) is 0 Å².